The summed E-state index contributed by atoms with van der Waals surface area (Å²) in [6.45, 7) is 1.89. The highest BCUT2D eigenvalue weighted by Crippen LogP contribution is 2.38. The number of nitro groups is 1. The number of aryl methyl sites for hydroxylation is 1. The molecule has 10 nitrogen and oxygen atoms in total. The van der Waals surface area contributed by atoms with E-state index in [2.05, 4.69) is 31.0 Å². The number of ether oxygens (including phenoxy) is 2. The van der Waals surface area contributed by atoms with Gasteiger partial charge in [-0.05, 0) is 35.9 Å². The van der Waals surface area contributed by atoms with E-state index >= 15 is 0 Å². The molecule has 178 valence electrons. The molecule has 0 spiro atoms. The van der Waals surface area contributed by atoms with Crippen molar-refractivity contribution in [1.29, 1.82) is 0 Å². The van der Waals surface area contributed by atoms with Crippen LogP contribution >= 0.6 is 27.5 Å². The lowest BCUT2D eigenvalue weighted by Gasteiger charge is -2.12. The molecule has 0 bridgehead atoms. The van der Waals surface area contributed by atoms with E-state index in [0.29, 0.717) is 28.7 Å². The van der Waals surface area contributed by atoms with Crippen LogP contribution in [0, 0.1) is 10.1 Å². The van der Waals surface area contributed by atoms with Gasteiger partial charge in [0.1, 0.15) is 12.0 Å². The minimum absolute atomic E-state index is 0.102. The smallest absolute Gasteiger partial charge is 0.287 e. The van der Waals surface area contributed by atoms with Crippen molar-refractivity contribution in [2.45, 2.75) is 13.3 Å². The van der Waals surface area contributed by atoms with Crippen molar-refractivity contribution in [2.75, 3.05) is 7.11 Å². The molecule has 12 heteroatoms. The fourth-order valence-corrected chi connectivity index (χ4v) is 3.84. The molecule has 0 aliphatic heterocycles. The number of benzene rings is 2. The first-order valence-electron chi connectivity index (χ1n) is 10.2. The van der Waals surface area contributed by atoms with Gasteiger partial charge in [0.15, 0.2) is 11.5 Å². The van der Waals surface area contributed by atoms with E-state index in [1.54, 1.807) is 24.3 Å². The maximum Gasteiger partial charge on any atom is 0.287 e. The summed E-state index contributed by atoms with van der Waals surface area (Å²) in [7, 11) is 1.44. The zero-order valence-electron chi connectivity index (χ0n) is 18.4. The van der Waals surface area contributed by atoms with Crippen molar-refractivity contribution >= 4 is 50.3 Å². The maximum atomic E-state index is 13.1. The van der Waals surface area contributed by atoms with E-state index in [9.17, 15) is 14.9 Å². The second-order valence-electron chi connectivity index (χ2n) is 7.15. The summed E-state index contributed by atoms with van der Waals surface area (Å²) in [5, 5.41) is 15.8. The minimum atomic E-state index is -0.558. The molecule has 2 heterocycles. The number of rotatable bonds is 7. The quantitative estimate of drug-likeness (QED) is 0.170. The molecular weight excluding hydrogens is 542 g/mol. The number of methoxy groups -OCH3 is 1. The third-order valence-electron chi connectivity index (χ3n) is 4.90. The van der Waals surface area contributed by atoms with E-state index in [1.165, 1.54) is 30.1 Å². The minimum Gasteiger partial charge on any atom is -0.493 e. The molecule has 0 atom stereocenters. The molecule has 4 rings (SSSR count). The Morgan fingerprint density at radius 1 is 1.26 bits per heavy atom. The Morgan fingerprint density at radius 3 is 2.71 bits per heavy atom. The van der Waals surface area contributed by atoms with Crippen LogP contribution in [0.4, 0.5) is 5.69 Å². The lowest BCUT2D eigenvalue weighted by Crippen LogP contribution is -2.22. The van der Waals surface area contributed by atoms with Gasteiger partial charge in [0.2, 0.25) is 5.88 Å². The van der Waals surface area contributed by atoms with Crippen LogP contribution in [0.1, 0.15) is 18.3 Å². The number of pyridine rings is 1. The highest BCUT2D eigenvalue weighted by Gasteiger charge is 2.15. The molecule has 0 N–H and O–H groups in total. The lowest BCUT2D eigenvalue weighted by molar-refractivity contribution is -0.385. The molecule has 35 heavy (non-hydrogen) atoms. The fourth-order valence-electron chi connectivity index (χ4n) is 3.23. The summed E-state index contributed by atoms with van der Waals surface area (Å²) in [4.78, 5) is 31.8. The Labute approximate surface area is 212 Å². The molecule has 0 fully saturated rings. The first kappa shape index (κ1) is 24.3. The molecule has 0 unspecified atom stereocenters. The van der Waals surface area contributed by atoms with Crippen molar-refractivity contribution in [2.24, 2.45) is 5.10 Å². The van der Waals surface area contributed by atoms with Gasteiger partial charge in [0.05, 0.1) is 34.2 Å². The summed E-state index contributed by atoms with van der Waals surface area (Å²) in [6, 6.07) is 11.1. The van der Waals surface area contributed by atoms with Gasteiger partial charge in [0.25, 0.3) is 11.2 Å². The van der Waals surface area contributed by atoms with Crippen LogP contribution in [0.15, 0.2) is 63.0 Å². The predicted octanol–water partition coefficient (Wildman–Crippen LogP) is 5.36. The standard InChI is InChI=1S/C23H17BrClN5O5/c1-3-20-28-18-6-4-14(24)10-16(18)23(31)29(20)27-11-13-8-17(25)22(19(9-13)34-2)35-21-7-5-15(12-26-21)30(32)33/h4-12H,3H2,1-2H3. The number of fused-ring (bicyclic) bond motifs is 1. The molecular formula is C23H17BrClN5O5. The first-order valence-corrected chi connectivity index (χ1v) is 11.4. The van der Waals surface area contributed by atoms with Gasteiger partial charge < -0.3 is 9.47 Å². The molecule has 2 aromatic carbocycles. The molecule has 0 saturated carbocycles. The van der Waals surface area contributed by atoms with E-state index in [1.807, 2.05) is 13.0 Å². The van der Waals surface area contributed by atoms with Gasteiger partial charge in [-0.2, -0.15) is 9.78 Å². The highest BCUT2D eigenvalue weighted by molar-refractivity contribution is 9.10. The largest absolute Gasteiger partial charge is 0.493 e. The average molecular weight is 559 g/mol. The summed E-state index contributed by atoms with van der Waals surface area (Å²) in [6.07, 6.45) is 3.04. The summed E-state index contributed by atoms with van der Waals surface area (Å²) in [5.74, 6) is 1.06. The third kappa shape index (κ3) is 5.15. The van der Waals surface area contributed by atoms with Crippen LogP contribution in [0.25, 0.3) is 10.9 Å². The molecule has 0 amide bonds. The van der Waals surface area contributed by atoms with E-state index in [4.69, 9.17) is 21.1 Å². The highest BCUT2D eigenvalue weighted by atomic mass is 79.9. The van der Waals surface area contributed by atoms with Crippen LogP contribution in [0.2, 0.25) is 5.02 Å². The van der Waals surface area contributed by atoms with Crippen LogP contribution < -0.4 is 15.0 Å². The number of hydrogen-bond donors (Lipinski definition) is 0. The zero-order chi connectivity index (χ0) is 25.1. The van der Waals surface area contributed by atoms with Crippen molar-refractivity contribution in [1.82, 2.24) is 14.6 Å². The summed E-state index contributed by atoms with van der Waals surface area (Å²) < 4.78 is 13.1. The van der Waals surface area contributed by atoms with Crippen molar-refractivity contribution < 1.29 is 14.4 Å². The van der Waals surface area contributed by atoms with Gasteiger partial charge in [-0.15, -0.1) is 0 Å². The van der Waals surface area contributed by atoms with Gasteiger partial charge in [-0.3, -0.25) is 14.9 Å². The Hall–Kier alpha value is -3.83. The normalized spacial score (nSPS) is 11.2. The monoisotopic (exact) mass is 557 g/mol. The predicted molar refractivity (Wildman–Crippen MR) is 135 cm³/mol. The van der Waals surface area contributed by atoms with E-state index in [-0.39, 0.29) is 33.6 Å². The Kier molecular flexibility index (Phi) is 7.08. The van der Waals surface area contributed by atoms with Crippen molar-refractivity contribution in [3.05, 3.63) is 90.0 Å². The van der Waals surface area contributed by atoms with E-state index < -0.39 is 4.92 Å². The Bertz CT molecular complexity index is 1520. The molecule has 0 aliphatic rings. The molecule has 2 aromatic heterocycles. The number of aromatic nitrogens is 3. The molecule has 0 radical (unpaired) electrons. The topological polar surface area (TPSA) is 122 Å². The van der Waals surface area contributed by atoms with Crippen LogP contribution in [0.3, 0.4) is 0 Å². The van der Waals surface area contributed by atoms with Gasteiger partial charge in [-0.25, -0.2) is 9.97 Å². The van der Waals surface area contributed by atoms with Gasteiger partial charge in [-0.1, -0.05) is 34.5 Å². The number of halogens is 2. The fraction of sp³-hybridized carbons (Fsp3) is 0.130. The van der Waals surface area contributed by atoms with E-state index in [0.717, 1.165) is 10.7 Å². The summed E-state index contributed by atoms with van der Waals surface area (Å²) >= 11 is 9.80. The number of nitrogens with zero attached hydrogens (tertiary/aromatic N) is 5. The second kappa shape index (κ2) is 10.2. The van der Waals surface area contributed by atoms with Gasteiger partial charge in [0, 0.05) is 23.0 Å². The van der Waals surface area contributed by atoms with Crippen molar-refractivity contribution in [3.63, 3.8) is 0 Å². The lowest BCUT2D eigenvalue weighted by atomic mass is 10.2. The third-order valence-corrected chi connectivity index (χ3v) is 5.68. The zero-order valence-corrected chi connectivity index (χ0v) is 20.8. The maximum absolute atomic E-state index is 13.1. The van der Waals surface area contributed by atoms with Gasteiger partial charge >= 0.3 is 0 Å². The number of hydrogen-bond acceptors (Lipinski definition) is 8. The van der Waals surface area contributed by atoms with Crippen LogP contribution in [-0.4, -0.2) is 32.9 Å². The first-order chi connectivity index (χ1) is 16.8. The molecule has 4 aromatic rings. The SMILES string of the molecule is CCc1nc2ccc(Br)cc2c(=O)n1N=Cc1cc(Cl)c(Oc2ccc([N+](=O)[O-])cn2)c(OC)c1. The Balaban J connectivity index is 1.69. The average Bonchev–Trinajstić information content (AvgIpc) is 2.85. The van der Waals surface area contributed by atoms with Crippen molar-refractivity contribution in [3.8, 4) is 17.4 Å². The summed E-state index contributed by atoms with van der Waals surface area (Å²) in [5.41, 5.74) is 0.664. The molecule has 0 saturated heterocycles. The van der Waals surface area contributed by atoms with Crippen LogP contribution in [0.5, 0.6) is 17.4 Å². The molecule has 0 aliphatic carbocycles. The Morgan fingerprint density at radius 2 is 2.06 bits per heavy atom. The van der Waals surface area contributed by atoms with Crippen LogP contribution in [-0.2, 0) is 6.42 Å². The second-order valence-corrected chi connectivity index (χ2v) is 8.48.